The van der Waals surface area contributed by atoms with Crippen LogP contribution in [-0.4, -0.2) is 95.0 Å². The van der Waals surface area contributed by atoms with Gasteiger partial charge in [-0.3, -0.25) is 19.1 Å². The van der Waals surface area contributed by atoms with Gasteiger partial charge in [-0.05, 0) is 101 Å². The molecule has 0 bridgehead atoms. The maximum atomic E-state index is 14.8. The van der Waals surface area contributed by atoms with Crippen LogP contribution in [0.2, 0.25) is 0 Å². The van der Waals surface area contributed by atoms with Crippen molar-refractivity contribution in [2.75, 3.05) is 13.3 Å². The minimum absolute atomic E-state index is 0.0313. The number of fused-ring (bicyclic) bond motifs is 6. The summed E-state index contributed by atoms with van der Waals surface area (Å²) in [6.07, 6.45) is 9.58. The molecule has 3 aliphatic carbocycles. The third-order valence-corrected chi connectivity index (χ3v) is 15.6. The van der Waals surface area contributed by atoms with Crippen molar-refractivity contribution in [1.82, 2.24) is 30.2 Å². The van der Waals surface area contributed by atoms with E-state index >= 15 is 0 Å². The van der Waals surface area contributed by atoms with Gasteiger partial charge in [-0.15, -0.1) is 0 Å². The zero-order valence-electron chi connectivity index (χ0n) is 34.9. The van der Waals surface area contributed by atoms with E-state index < -0.39 is 68.2 Å². The molecule has 18 heteroatoms. The number of hydrogen-bond acceptors (Lipinski definition) is 13. The van der Waals surface area contributed by atoms with Crippen molar-refractivity contribution >= 4 is 55.9 Å². The number of carbonyl (C=O) groups is 4. The molecule has 4 amide bonds. The van der Waals surface area contributed by atoms with Gasteiger partial charge in [0.2, 0.25) is 34.2 Å². The summed E-state index contributed by atoms with van der Waals surface area (Å²) in [7, 11) is -4.03. The molecule has 17 nitrogen and oxygen atoms in total. The first-order chi connectivity index (χ1) is 30.4. The lowest BCUT2D eigenvalue weighted by molar-refractivity contribution is -0.141. The van der Waals surface area contributed by atoms with Crippen molar-refractivity contribution in [2.45, 2.75) is 125 Å². The summed E-state index contributed by atoms with van der Waals surface area (Å²) in [6, 6.07) is 10.5. The Morgan fingerprint density at radius 2 is 1.75 bits per heavy atom. The van der Waals surface area contributed by atoms with E-state index in [0.717, 1.165) is 43.9 Å². The number of amides is 4. The number of benzene rings is 2. The Bertz CT molecular complexity index is 2640. The van der Waals surface area contributed by atoms with E-state index in [9.17, 15) is 27.6 Å². The van der Waals surface area contributed by atoms with Crippen molar-refractivity contribution in [3.05, 3.63) is 54.6 Å². The molecule has 2 aromatic carbocycles. The fraction of sp³-hybridized carbons (Fsp3) is 0.511. The third-order valence-electron chi connectivity index (χ3n) is 13.4. The Balaban J connectivity index is 0.989. The van der Waals surface area contributed by atoms with E-state index in [4.69, 9.17) is 33.3 Å². The van der Waals surface area contributed by atoms with E-state index in [1.807, 2.05) is 42.5 Å². The van der Waals surface area contributed by atoms with Gasteiger partial charge < -0.3 is 38.9 Å². The predicted octanol–water partition coefficient (Wildman–Crippen LogP) is 5.55. The van der Waals surface area contributed by atoms with E-state index in [1.165, 1.54) is 4.90 Å². The highest BCUT2D eigenvalue weighted by atomic mass is 32.2. The predicted molar refractivity (Wildman–Crippen MR) is 227 cm³/mol. The van der Waals surface area contributed by atoms with Crippen LogP contribution in [0.15, 0.2) is 59.0 Å². The number of rotatable bonds is 8. The number of sulfonamides is 1. The standard InChI is InChI=1S/C45H50N6O11S/c1-44(19-20-44)63(56,57)50-42(54)45-23-27(45)11-5-3-2-4-6-15-31(46-43(55)61-28-12-7-8-13-28)41(53)51-24-29(22-32(51)39(52)49-45)60-40-37-36(30-14-9-10-16-33(30)62-37)47-38(48-40)26-17-18-34-35(21-26)59-25-58-34/h5,9-11,14,16-18,21,27-29,31-32H,2-4,6-8,12-13,15,19-20,22-25H2,1H3,(H,46,55)(H,49,52)(H,50,54)/b11-5-/t27-,29-,31+,32+,45-/m1/s1. The second kappa shape index (κ2) is 16.0. The zero-order valence-corrected chi connectivity index (χ0v) is 35.7. The number of nitrogens with one attached hydrogen (secondary N) is 3. The van der Waals surface area contributed by atoms with E-state index in [1.54, 1.807) is 19.1 Å². The fourth-order valence-corrected chi connectivity index (χ4v) is 10.6. The van der Waals surface area contributed by atoms with E-state index in [0.29, 0.717) is 66.1 Å². The van der Waals surface area contributed by atoms with Crippen molar-refractivity contribution in [3.63, 3.8) is 0 Å². The van der Waals surface area contributed by atoms with Crippen LogP contribution in [0.5, 0.6) is 17.4 Å². The van der Waals surface area contributed by atoms with Gasteiger partial charge >= 0.3 is 6.09 Å². The van der Waals surface area contributed by atoms with Gasteiger partial charge in [0.1, 0.15) is 40.9 Å². The van der Waals surface area contributed by atoms with Crippen molar-refractivity contribution in [1.29, 1.82) is 0 Å². The highest BCUT2D eigenvalue weighted by Gasteiger charge is 2.63. The molecule has 4 aromatic rings. The number of carbonyl (C=O) groups excluding carboxylic acids is 4. The first kappa shape index (κ1) is 41.1. The molecule has 332 valence electrons. The molecule has 0 spiro atoms. The van der Waals surface area contributed by atoms with Crippen LogP contribution >= 0.6 is 0 Å². The lowest BCUT2D eigenvalue weighted by Gasteiger charge is -2.30. The van der Waals surface area contributed by atoms with Gasteiger partial charge in [-0.2, -0.15) is 4.98 Å². The van der Waals surface area contributed by atoms with Crippen LogP contribution in [0.4, 0.5) is 4.79 Å². The first-order valence-corrected chi connectivity index (χ1v) is 23.5. The first-order valence-electron chi connectivity index (χ1n) is 22.0. The second-order valence-corrected chi connectivity index (χ2v) is 20.1. The SMILES string of the molecule is CC1(S(=O)(=O)NC(=O)[C@@]23C[C@H]2/C=C\CCCCC[C@H](NC(=O)OC2CCCC2)C(=O)N2C[C@H](Oc4nc(-c5ccc6c(c5)OCO6)nc5c4oc4ccccc45)C[C@H]2C(=O)N3)CC1. The quantitative estimate of drug-likeness (QED) is 0.185. The summed E-state index contributed by atoms with van der Waals surface area (Å²) in [6.45, 7) is 1.59. The van der Waals surface area contributed by atoms with Crippen molar-refractivity contribution in [2.24, 2.45) is 5.92 Å². The lowest BCUT2D eigenvalue weighted by Crippen LogP contribution is -2.58. The number of hydrogen-bond donors (Lipinski definition) is 3. The Morgan fingerprint density at radius 1 is 0.952 bits per heavy atom. The highest BCUT2D eigenvalue weighted by molar-refractivity contribution is 7.91. The molecule has 1 saturated heterocycles. The van der Waals surface area contributed by atoms with Crippen LogP contribution in [0, 0.1) is 5.92 Å². The average Bonchev–Trinajstić information content (AvgIpc) is 3.75. The van der Waals surface area contributed by atoms with Crippen LogP contribution in [-0.2, 0) is 29.1 Å². The number of allylic oxidation sites excluding steroid dienone is 1. The Morgan fingerprint density at radius 3 is 2.57 bits per heavy atom. The number of nitrogens with zero attached hydrogens (tertiary/aromatic N) is 3. The molecule has 4 fully saturated rings. The molecule has 10 rings (SSSR count). The normalized spacial score (nSPS) is 27.4. The lowest BCUT2D eigenvalue weighted by atomic mass is 10.0. The maximum Gasteiger partial charge on any atom is 0.408 e. The average molecular weight is 883 g/mol. The minimum atomic E-state index is -4.03. The van der Waals surface area contributed by atoms with E-state index in [2.05, 4.69) is 15.4 Å². The molecule has 0 radical (unpaired) electrons. The van der Waals surface area contributed by atoms with Crippen LogP contribution in [0.25, 0.3) is 33.5 Å². The Hall–Kier alpha value is -5.91. The number of alkyl carbamates (subject to hydrolysis) is 1. The molecule has 2 aromatic heterocycles. The summed E-state index contributed by atoms with van der Waals surface area (Å²) >= 11 is 0. The molecule has 63 heavy (non-hydrogen) atoms. The molecule has 6 aliphatic rings. The number of furan rings is 1. The van der Waals surface area contributed by atoms with Crippen molar-refractivity contribution in [3.8, 4) is 28.8 Å². The molecule has 3 aliphatic heterocycles. The molecular formula is C45H50N6O11S. The van der Waals surface area contributed by atoms with Gasteiger partial charge in [0.05, 0.1) is 11.3 Å². The Labute approximate surface area is 363 Å². The molecular weight excluding hydrogens is 833 g/mol. The van der Waals surface area contributed by atoms with Crippen LogP contribution < -0.4 is 29.6 Å². The van der Waals surface area contributed by atoms with Gasteiger partial charge in [0.25, 0.3) is 11.8 Å². The minimum Gasteiger partial charge on any atom is -0.470 e. The summed E-state index contributed by atoms with van der Waals surface area (Å²) in [4.78, 5) is 68.0. The molecule has 5 atom stereocenters. The van der Waals surface area contributed by atoms with Gasteiger partial charge in [0, 0.05) is 23.3 Å². The third kappa shape index (κ3) is 7.90. The van der Waals surface area contributed by atoms with Gasteiger partial charge in [0.15, 0.2) is 17.3 Å². The van der Waals surface area contributed by atoms with Crippen LogP contribution in [0.1, 0.15) is 90.4 Å². The highest BCUT2D eigenvalue weighted by Crippen LogP contribution is 2.48. The summed E-state index contributed by atoms with van der Waals surface area (Å²) in [5.74, 6) is -0.927. The Kier molecular flexibility index (Phi) is 10.5. The molecule has 3 N–H and O–H groups in total. The monoisotopic (exact) mass is 882 g/mol. The largest absolute Gasteiger partial charge is 0.470 e. The summed E-state index contributed by atoms with van der Waals surface area (Å²) < 4.78 is 57.6. The second-order valence-electron chi connectivity index (χ2n) is 17.9. The molecule has 5 heterocycles. The van der Waals surface area contributed by atoms with E-state index in [-0.39, 0.29) is 43.7 Å². The topological polar surface area (TPSA) is 218 Å². The zero-order chi connectivity index (χ0) is 43.5. The number of aromatic nitrogens is 2. The fourth-order valence-electron chi connectivity index (χ4n) is 9.25. The maximum absolute atomic E-state index is 14.8. The number of para-hydroxylation sites is 1. The summed E-state index contributed by atoms with van der Waals surface area (Å²) in [5, 5.41) is 6.47. The molecule has 3 saturated carbocycles. The summed E-state index contributed by atoms with van der Waals surface area (Å²) in [5.41, 5.74) is 0.373. The van der Waals surface area contributed by atoms with Gasteiger partial charge in [-0.25, -0.2) is 18.2 Å². The smallest absolute Gasteiger partial charge is 0.408 e. The number of ether oxygens (including phenoxy) is 4. The molecule has 0 unspecified atom stereocenters. The van der Waals surface area contributed by atoms with Gasteiger partial charge in [-0.1, -0.05) is 37.1 Å². The van der Waals surface area contributed by atoms with Crippen molar-refractivity contribution < 1.29 is 51.0 Å². The van der Waals surface area contributed by atoms with Crippen LogP contribution in [0.3, 0.4) is 0 Å².